The summed E-state index contributed by atoms with van der Waals surface area (Å²) < 4.78 is 0. The fourth-order valence-corrected chi connectivity index (χ4v) is 2.23. The summed E-state index contributed by atoms with van der Waals surface area (Å²) in [5.41, 5.74) is 0. The highest BCUT2D eigenvalue weighted by atomic mass is 15.2. The Morgan fingerprint density at radius 3 is 2.23 bits per heavy atom. The van der Waals surface area contributed by atoms with Crippen molar-refractivity contribution in [2.45, 2.75) is 46.2 Å². The molecule has 2 heteroatoms. The minimum absolute atomic E-state index is 0.259. The highest BCUT2D eigenvalue weighted by Crippen LogP contribution is 2.29. The van der Waals surface area contributed by atoms with Gasteiger partial charge in [0.05, 0.1) is 12.0 Å². The zero-order chi connectivity index (χ0) is 10.0. The van der Waals surface area contributed by atoms with Gasteiger partial charge in [0, 0.05) is 18.6 Å². The average molecular weight is 180 g/mol. The number of hydrogen-bond donors (Lipinski definition) is 0. The van der Waals surface area contributed by atoms with Crippen LogP contribution in [0.1, 0.15) is 34.1 Å². The first-order chi connectivity index (χ1) is 6.06. The quantitative estimate of drug-likeness (QED) is 0.651. The molecule has 0 amide bonds. The maximum Gasteiger partial charge on any atom is 0.0669 e. The molecule has 0 aliphatic carbocycles. The van der Waals surface area contributed by atoms with Crippen LogP contribution in [0.4, 0.5) is 0 Å². The summed E-state index contributed by atoms with van der Waals surface area (Å²) in [7, 11) is 0. The largest absolute Gasteiger partial charge is 0.296 e. The fourth-order valence-electron chi connectivity index (χ4n) is 2.23. The molecule has 0 unspecified atom stereocenters. The lowest BCUT2D eigenvalue weighted by molar-refractivity contribution is 0.165. The van der Waals surface area contributed by atoms with Gasteiger partial charge >= 0.3 is 0 Å². The van der Waals surface area contributed by atoms with E-state index in [1.54, 1.807) is 0 Å². The Kier molecular flexibility index (Phi) is 3.33. The number of nitriles is 1. The van der Waals surface area contributed by atoms with Crippen molar-refractivity contribution < 1.29 is 0 Å². The molecule has 0 aromatic rings. The molecule has 1 aliphatic rings. The first-order valence-corrected chi connectivity index (χ1v) is 5.21. The van der Waals surface area contributed by atoms with Gasteiger partial charge in [-0.3, -0.25) is 4.90 Å². The van der Waals surface area contributed by atoms with Crippen molar-refractivity contribution in [3.63, 3.8) is 0 Å². The molecule has 1 fully saturated rings. The summed E-state index contributed by atoms with van der Waals surface area (Å²) in [6.07, 6.45) is 1.06. The number of rotatable bonds is 2. The van der Waals surface area contributed by atoms with E-state index in [0.29, 0.717) is 18.0 Å². The monoisotopic (exact) mass is 180 g/mol. The number of likely N-dealkylation sites (tertiary alicyclic amines) is 1. The molecule has 0 bridgehead atoms. The van der Waals surface area contributed by atoms with Gasteiger partial charge in [-0.2, -0.15) is 5.26 Å². The molecule has 2 nitrogen and oxygen atoms in total. The van der Waals surface area contributed by atoms with Gasteiger partial charge in [0.1, 0.15) is 0 Å². The second-order valence-corrected chi connectivity index (χ2v) is 4.66. The molecule has 13 heavy (non-hydrogen) atoms. The Labute approximate surface area is 81.5 Å². The van der Waals surface area contributed by atoms with Crippen LogP contribution in [0.2, 0.25) is 0 Å². The van der Waals surface area contributed by atoms with Gasteiger partial charge < -0.3 is 0 Å². The second kappa shape index (κ2) is 4.11. The summed E-state index contributed by atoms with van der Waals surface area (Å²) in [5, 5.41) is 8.89. The zero-order valence-electron chi connectivity index (χ0n) is 9.12. The van der Waals surface area contributed by atoms with Crippen molar-refractivity contribution in [2.24, 2.45) is 11.8 Å². The second-order valence-electron chi connectivity index (χ2n) is 4.66. The lowest BCUT2D eigenvalue weighted by atomic mass is 9.98. The average Bonchev–Trinajstić information content (AvgIpc) is 2.47. The van der Waals surface area contributed by atoms with Gasteiger partial charge in [0.25, 0.3) is 0 Å². The standard InChI is InChI=1S/C11H20N2/c1-8(2)11-5-10(6-12)7-13(11)9(3)4/h8-11H,5,7H2,1-4H3/t10-,11+/m1/s1. The number of nitrogens with zero attached hydrogens (tertiary/aromatic N) is 2. The molecule has 1 saturated heterocycles. The molecule has 1 heterocycles. The fraction of sp³-hybridized carbons (Fsp3) is 0.909. The Morgan fingerprint density at radius 2 is 1.92 bits per heavy atom. The van der Waals surface area contributed by atoms with Gasteiger partial charge in [-0.15, -0.1) is 0 Å². The lowest BCUT2D eigenvalue weighted by Gasteiger charge is -2.30. The molecular formula is C11H20N2. The lowest BCUT2D eigenvalue weighted by Crippen LogP contribution is -2.38. The maximum absolute atomic E-state index is 8.89. The van der Waals surface area contributed by atoms with E-state index < -0.39 is 0 Å². The van der Waals surface area contributed by atoms with E-state index in [-0.39, 0.29) is 5.92 Å². The van der Waals surface area contributed by atoms with Gasteiger partial charge in [-0.1, -0.05) is 13.8 Å². The highest BCUT2D eigenvalue weighted by molar-refractivity contribution is 4.97. The Balaban J connectivity index is 2.66. The SMILES string of the molecule is CC(C)[C@@H]1C[C@H](C#N)CN1C(C)C. The summed E-state index contributed by atoms with van der Waals surface area (Å²) >= 11 is 0. The molecule has 1 rings (SSSR count). The Morgan fingerprint density at radius 1 is 1.31 bits per heavy atom. The molecule has 0 N–H and O–H groups in total. The van der Waals surface area contributed by atoms with Gasteiger partial charge in [-0.05, 0) is 26.2 Å². The third kappa shape index (κ3) is 2.22. The molecule has 0 saturated carbocycles. The normalized spacial score (nSPS) is 29.9. The van der Waals surface area contributed by atoms with Gasteiger partial charge in [0.15, 0.2) is 0 Å². The van der Waals surface area contributed by atoms with Crippen molar-refractivity contribution in [3.05, 3.63) is 0 Å². The van der Waals surface area contributed by atoms with E-state index in [2.05, 4.69) is 38.7 Å². The van der Waals surface area contributed by atoms with Crippen LogP contribution in [-0.2, 0) is 0 Å². The predicted octanol–water partition coefficient (Wildman–Crippen LogP) is 2.26. The van der Waals surface area contributed by atoms with E-state index in [4.69, 9.17) is 5.26 Å². The van der Waals surface area contributed by atoms with E-state index in [1.807, 2.05) is 0 Å². The summed E-state index contributed by atoms with van der Waals surface area (Å²) in [6, 6.07) is 3.58. The first kappa shape index (κ1) is 10.5. The van der Waals surface area contributed by atoms with Crippen molar-refractivity contribution in [3.8, 4) is 6.07 Å². The van der Waals surface area contributed by atoms with Gasteiger partial charge in [0.2, 0.25) is 0 Å². The molecular weight excluding hydrogens is 160 g/mol. The van der Waals surface area contributed by atoms with Crippen molar-refractivity contribution in [1.29, 1.82) is 5.26 Å². The first-order valence-electron chi connectivity index (χ1n) is 5.21. The van der Waals surface area contributed by atoms with Crippen LogP contribution in [0, 0.1) is 23.2 Å². The molecule has 0 radical (unpaired) electrons. The minimum Gasteiger partial charge on any atom is -0.296 e. The summed E-state index contributed by atoms with van der Waals surface area (Å²) in [5.74, 6) is 0.926. The van der Waals surface area contributed by atoms with Crippen LogP contribution < -0.4 is 0 Å². The molecule has 0 spiro atoms. The van der Waals surface area contributed by atoms with E-state index in [0.717, 1.165) is 13.0 Å². The third-order valence-electron chi connectivity index (χ3n) is 3.00. The van der Waals surface area contributed by atoms with Crippen molar-refractivity contribution >= 4 is 0 Å². The number of hydrogen-bond acceptors (Lipinski definition) is 2. The van der Waals surface area contributed by atoms with Crippen LogP contribution in [0.25, 0.3) is 0 Å². The molecule has 74 valence electrons. The molecule has 0 aromatic carbocycles. The maximum atomic E-state index is 8.89. The summed E-state index contributed by atoms with van der Waals surface area (Å²) in [6.45, 7) is 9.90. The smallest absolute Gasteiger partial charge is 0.0669 e. The van der Waals surface area contributed by atoms with E-state index >= 15 is 0 Å². The Hall–Kier alpha value is -0.550. The third-order valence-corrected chi connectivity index (χ3v) is 3.00. The summed E-state index contributed by atoms with van der Waals surface area (Å²) in [4.78, 5) is 2.47. The van der Waals surface area contributed by atoms with Crippen LogP contribution in [-0.4, -0.2) is 23.5 Å². The van der Waals surface area contributed by atoms with Crippen LogP contribution in [0.15, 0.2) is 0 Å². The minimum atomic E-state index is 0.259. The molecule has 1 aliphatic heterocycles. The Bertz CT molecular complexity index is 187. The zero-order valence-corrected chi connectivity index (χ0v) is 9.12. The van der Waals surface area contributed by atoms with E-state index in [9.17, 15) is 0 Å². The van der Waals surface area contributed by atoms with Crippen molar-refractivity contribution in [2.75, 3.05) is 6.54 Å². The highest BCUT2D eigenvalue weighted by Gasteiger charge is 2.34. The van der Waals surface area contributed by atoms with Crippen molar-refractivity contribution in [1.82, 2.24) is 4.90 Å². The molecule has 0 aromatic heterocycles. The predicted molar refractivity (Wildman–Crippen MR) is 54.2 cm³/mol. The van der Waals surface area contributed by atoms with Crippen LogP contribution in [0.5, 0.6) is 0 Å². The van der Waals surface area contributed by atoms with E-state index in [1.165, 1.54) is 0 Å². The van der Waals surface area contributed by atoms with Crippen LogP contribution in [0.3, 0.4) is 0 Å². The van der Waals surface area contributed by atoms with Crippen LogP contribution >= 0.6 is 0 Å². The molecule has 2 atom stereocenters. The van der Waals surface area contributed by atoms with Gasteiger partial charge in [-0.25, -0.2) is 0 Å². The topological polar surface area (TPSA) is 27.0 Å².